The second kappa shape index (κ2) is 15.1. The van der Waals surface area contributed by atoms with Crippen LogP contribution in [-0.2, 0) is 18.9 Å². The Morgan fingerprint density at radius 2 is 1.15 bits per heavy atom. The van der Waals surface area contributed by atoms with Gasteiger partial charge in [-0.1, -0.05) is 31.2 Å². The molecule has 8 unspecified atom stereocenters. The molecule has 0 saturated carbocycles. The van der Waals surface area contributed by atoms with Gasteiger partial charge in [-0.25, -0.2) is 0 Å². The molecule has 2 aromatic rings. The third-order valence-corrected chi connectivity index (χ3v) is 7.89. The molecule has 0 aliphatic carbocycles. The van der Waals surface area contributed by atoms with Gasteiger partial charge in [0.1, 0.15) is 11.5 Å². The first kappa shape index (κ1) is 30.8. The number of aromatic hydroxyl groups is 2. The van der Waals surface area contributed by atoms with Crippen LogP contribution in [0.15, 0.2) is 48.5 Å². The molecule has 8 atom stereocenters. The van der Waals surface area contributed by atoms with Crippen LogP contribution < -0.4 is 0 Å². The number of benzene rings is 2. The van der Waals surface area contributed by atoms with Gasteiger partial charge in [0.25, 0.3) is 0 Å². The summed E-state index contributed by atoms with van der Waals surface area (Å²) in [5.41, 5.74) is 1.72. The van der Waals surface area contributed by atoms with Crippen molar-refractivity contribution in [3.63, 3.8) is 0 Å². The molecule has 4 N–H and O–H groups in total. The van der Waals surface area contributed by atoms with Gasteiger partial charge in [-0.05, 0) is 89.0 Å². The molecule has 8 nitrogen and oxygen atoms in total. The van der Waals surface area contributed by atoms with Crippen molar-refractivity contribution in [2.45, 2.75) is 127 Å². The van der Waals surface area contributed by atoms with E-state index in [0.717, 1.165) is 62.5 Å². The Kier molecular flexibility index (Phi) is 11.6. The standard InChI is InChI=1S/C32H46O8/c1-3-24(33)6-4-8-28-20-29(39-32(38-28)23-12-16-26(35)17-13-23)9-5-7-27(36)19-30-18-21(2)37-31(40-30)22-10-14-25(34)15-11-22/h10-17,21,24,27-36H,3-9,18-20H2,1-2H3. The average molecular weight is 559 g/mol. The molecular formula is C32H46O8. The van der Waals surface area contributed by atoms with Crippen molar-refractivity contribution in [1.29, 1.82) is 0 Å². The zero-order chi connectivity index (χ0) is 28.5. The predicted octanol–water partition coefficient (Wildman–Crippen LogP) is 6.03. The third-order valence-electron chi connectivity index (χ3n) is 7.89. The highest BCUT2D eigenvalue weighted by Crippen LogP contribution is 2.35. The van der Waals surface area contributed by atoms with Gasteiger partial charge in [0, 0.05) is 17.5 Å². The quantitative estimate of drug-likeness (QED) is 0.236. The lowest BCUT2D eigenvalue weighted by molar-refractivity contribution is -0.251. The zero-order valence-corrected chi connectivity index (χ0v) is 23.7. The van der Waals surface area contributed by atoms with E-state index in [1.165, 1.54) is 0 Å². The van der Waals surface area contributed by atoms with E-state index in [-0.39, 0.29) is 42.0 Å². The number of hydrogen-bond acceptors (Lipinski definition) is 8. The zero-order valence-electron chi connectivity index (χ0n) is 23.7. The van der Waals surface area contributed by atoms with Crippen molar-refractivity contribution >= 4 is 0 Å². The summed E-state index contributed by atoms with van der Waals surface area (Å²) in [6, 6.07) is 13.8. The van der Waals surface area contributed by atoms with E-state index >= 15 is 0 Å². The molecule has 8 heteroatoms. The van der Waals surface area contributed by atoms with E-state index in [2.05, 4.69) is 0 Å². The van der Waals surface area contributed by atoms with E-state index in [1.807, 2.05) is 26.0 Å². The van der Waals surface area contributed by atoms with Crippen LogP contribution in [0, 0.1) is 0 Å². The lowest BCUT2D eigenvalue weighted by atomic mass is 9.96. The van der Waals surface area contributed by atoms with Crippen LogP contribution in [0.2, 0.25) is 0 Å². The fourth-order valence-corrected chi connectivity index (χ4v) is 5.57. The first-order chi connectivity index (χ1) is 19.3. The number of phenols is 2. The minimum Gasteiger partial charge on any atom is -0.508 e. The van der Waals surface area contributed by atoms with Crippen molar-refractivity contribution in [3.8, 4) is 11.5 Å². The molecule has 2 aliphatic heterocycles. The highest BCUT2D eigenvalue weighted by Gasteiger charge is 2.32. The van der Waals surface area contributed by atoms with Crippen molar-refractivity contribution in [3.05, 3.63) is 59.7 Å². The summed E-state index contributed by atoms with van der Waals surface area (Å²) in [6.07, 6.45) is 5.72. The summed E-state index contributed by atoms with van der Waals surface area (Å²) in [5.74, 6) is 0.400. The third kappa shape index (κ3) is 9.43. The minimum atomic E-state index is -0.510. The van der Waals surface area contributed by atoms with Gasteiger partial charge in [-0.15, -0.1) is 0 Å². The van der Waals surface area contributed by atoms with Crippen LogP contribution >= 0.6 is 0 Å². The predicted molar refractivity (Wildman–Crippen MR) is 151 cm³/mol. The number of aliphatic hydroxyl groups excluding tert-OH is 2. The first-order valence-electron chi connectivity index (χ1n) is 14.8. The lowest BCUT2D eigenvalue weighted by Crippen LogP contribution is -2.35. The number of phenolic OH excluding ortho intramolecular Hbond substituents is 2. The SMILES string of the molecule is CCC(O)CCCC1CC(CCCC(O)CC2CC(C)OC(c3ccc(O)cc3)O2)OC(c2ccc(O)cc2)O1. The van der Waals surface area contributed by atoms with Crippen molar-refractivity contribution in [2.75, 3.05) is 0 Å². The fourth-order valence-electron chi connectivity index (χ4n) is 5.57. The summed E-state index contributed by atoms with van der Waals surface area (Å²) >= 11 is 0. The summed E-state index contributed by atoms with van der Waals surface area (Å²) in [5, 5.41) is 40.0. The molecule has 0 bridgehead atoms. The number of hydrogen-bond donors (Lipinski definition) is 4. The molecule has 0 radical (unpaired) electrons. The smallest absolute Gasteiger partial charge is 0.184 e. The molecule has 0 aromatic heterocycles. The summed E-state index contributed by atoms with van der Waals surface area (Å²) in [6.45, 7) is 4.01. The van der Waals surface area contributed by atoms with Gasteiger partial charge in [0.05, 0.1) is 36.6 Å². The highest BCUT2D eigenvalue weighted by molar-refractivity contribution is 5.27. The number of rotatable bonds is 13. The Morgan fingerprint density at radius 1 is 0.675 bits per heavy atom. The molecule has 40 heavy (non-hydrogen) atoms. The summed E-state index contributed by atoms with van der Waals surface area (Å²) in [7, 11) is 0. The van der Waals surface area contributed by atoms with E-state index in [4.69, 9.17) is 18.9 Å². The molecular weight excluding hydrogens is 512 g/mol. The molecule has 2 aromatic carbocycles. The first-order valence-corrected chi connectivity index (χ1v) is 14.8. The van der Waals surface area contributed by atoms with Crippen LogP contribution in [0.3, 0.4) is 0 Å². The second-order valence-corrected chi connectivity index (χ2v) is 11.4. The maximum atomic E-state index is 10.8. The Morgan fingerprint density at radius 3 is 1.68 bits per heavy atom. The van der Waals surface area contributed by atoms with E-state index in [0.29, 0.717) is 12.8 Å². The molecule has 0 amide bonds. The Hall–Kier alpha value is -2.20. The van der Waals surface area contributed by atoms with Crippen molar-refractivity contribution < 1.29 is 39.4 Å². The Labute approximate surface area is 237 Å². The van der Waals surface area contributed by atoms with Gasteiger partial charge < -0.3 is 39.4 Å². The minimum absolute atomic E-state index is 0.000851. The maximum Gasteiger partial charge on any atom is 0.184 e. The highest BCUT2D eigenvalue weighted by atomic mass is 16.7. The van der Waals surface area contributed by atoms with Crippen molar-refractivity contribution in [1.82, 2.24) is 0 Å². The second-order valence-electron chi connectivity index (χ2n) is 11.4. The van der Waals surface area contributed by atoms with Crippen LogP contribution in [0.5, 0.6) is 11.5 Å². The number of ether oxygens (including phenoxy) is 4. The summed E-state index contributed by atoms with van der Waals surface area (Å²) < 4.78 is 24.7. The largest absolute Gasteiger partial charge is 0.508 e. The molecule has 0 spiro atoms. The van der Waals surface area contributed by atoms with E-state index < -0.39 is 18.7 Å². The van der Waals surface area contributed by atoms with Gasteiger partial charge in [0.15, 0.2) is 12.6 Å². The molecule has 2 heterocycles. The molecule has 222 valence electrons. The monoisotopic (exact) mass is 558 g/mol. The van der Waals surface area contributed by atoms with Crippen LogP contribution in [-0.4, -0.2) is 57.0 Å². The van der Waals surface area contributed by atoms with Gasteiger partial charge in [-0.3, -0.25) is 0 Å². The van der Waals surface area contributed by atoms with Crippen LogP contribution in [0.1, 0.15) is 102 Å². The van der Waals surface area contributed by atoms with Crippen molar-refractivity contribution in [2.24, 2.45) is 0 Å². The van der Waals surface area contributed by atoms with E-state index in [9.17, 15) is 20.4 Å². The molecule has 2 fully saturated rings. The molecule has 2 saturated heterocycles. The van der Waals surface area contributed by atoms with Crippen LogP contribution in [0.4, 0.5) is 0 Å². The number of aliphatic hydroxyl groups is 2. The molecule has 2 aliphatic rings. The van der Waals surface area contributed by atoms with Gasteiger partial charge in [0.2, 0.25) is 0 Å². The van der Waals surface area contributed by atoms with E-state index in [1.54, 1.807) is 36.4 Å². The van der Waals surface area contributed by atoms with Gasteiger partial charge in [-0.2, -0.15) is 0 Å². The lowest BCUT2D eigenvalue weighted by Gasteiger charge is -2.37. The van der Waals surface area contributed by atoms with Crippen LogP contribution in [0.25, 0.3) is 0 Å². The molecule has 4 rings (SSSR count). The summed E-state index contributed by atoms with van der Waals surface area (Å²) in [4.78, 5) is 0. The average Bonchev–Trinajstić information content (AvgIpc) is 2.93. The normalized spacial score (nSPS) is 28.7. The Bertz CT molecular complexity index is 997. The maximum absolute atomic E-state index is 10.8. The topological polar surface area (TPSA) is 118 Å². The Balaban J connectivity index is 1.26. The fraction of sp³-hybridized carbons (Fsp3) is 0.625. The van der Waals surface area contributed by atoms with Gasteiger partial charge >= 0.3 is 0 Å².